The molecule has 2 N–H and O–H groups in total. The molecule has 1 aliphatic heterocycles. The summed E-state index contributed by atoms with van der Waals surface area (Å²) in [5, 5.41) is 18.7. The van der Waals surface area contributed by atoms with E-state index in [1.165, 1.54) is 47.7 Å². The fourth-order valence-electron chi connectivity index (χ4n) is 6.20. The summed E-state index contributed by atoms with van der Waals surface area (Å²) >= 11 is 0. The van der Waals surface area contributed by atoms with Gasteiger partial charge in [-0.15, -0.1) is 0 Å². The first-order chi connectivity index (χ1) is 24.2. The molecule has 0 aliphatic carbocycles. The van der Waals surface area contributed by atoms with Crippen molar-refractivity contribution in [3.8, 4) is 45.8 Å². The summed E-state index contributed by atoms with van der Waals surface area (Å²) in [5.74, 6) is 1.99. The Morgan fingerprint density at radius 2 is 1.40 bits per heavy atom. The summed E-state index contributed by atoms with van der Waals surface area (Å²) in [4.78, 5) is 25.1. The van der Waals surface area contributed by atoms with Crippen molar-refractivity contribution < 1.29 is 37.8 Å². The highest BCUT2D eigenvalue weighted by atomic mass is 16.6. The van der Waals surface area contributed by atoms with E-state index in [9.17, 15) is 14.9 Å². The van der Waals surface area contributed by atoms with Gasteiger partial charge in [0.25, 0.3) is 5.69 Å². The predicted octanol–water partition coefficient (Wildman–Crippen LogP) is 7.35. The van der Waals surface area contributed by atoms with Crippen molar-refractivity contribution in [3.05, 3.63) is 98.7 Å². The number of unbranched alkanes of at least 4 members (excludes halogenated alkanes) is 1. The van der Waals surface area contributed by atoms with E-state index in [4.69, 9.17) is 32.8 Å². The molecule has 5 aromatic rings. The number of nitro groups is 1. The molecule has 13 nitrogen and oxygen atoms in total. The van der Waals surface area contributed by atoms with Crippen molar-refractivity contribution >= 4 is 28.0 Å². The van der Waals surface area contributed by atoms with E-state index < -0.39 is 16.0 Å². The smallest absolute Gasteiger partial charge is 0.269 e. The number of fused-ring (bicyclic) bond motifs is 2. The monoisotopic (exact) mass is 683 g/mol. The standard InChI is InChI=1S/C37H37N3O10/c1-44-25-20-28(45-2)32-29(21-25)50-34(22-18-30(46-3)35(48-5)31(19-22)47-4)36(33(32)41)49-17-9-8-16-37(23-12-14-24(15-13-23)40(42)43)38-26-10-6-7-11-27(26)39-37/h6-7,10-15,18-21,38-39H,8-9,16-17H2,1-5H3. The van der Waals surface area contributed by atoms with Gasteiger partial charge in [-0.3, -0.25) is 14.9 Å². The largest absolute Gasteiger partial charge is 0.496 e. The van der Waals surface area contributed by atoms with Crippen LogP contribution in [0.2, 0.25) is 0 Å². The third kappa shape index (κ3) is 6.25. The van der Waals surface area contributed by atoms with Crippen LogP contribution in [-0.4, -0.2) is 47.1 Å². The Labute approximate surface area is 287 Å². The molecule has 2 heterocycles. The lowest BCUT2D eigenvalue weighted by Gasteiger charge is -2.32. The van der Waals surface area contributed by atoms with Gasteiger partial charge in [0.05, 0.1) is 58.5 Å². The van der Waals surface area contributed by atoms with E-state index >= 15 is 0 Å². The normalized spacial score (nSPS) is 12.7. The average molecular weight is 684 g/mol. The summed E-state index contributed by atoms with van der Waals surface area (Å²) in [7, 11) is 7.48. The Morgan fingerprint density at radius 3 is 1.96 bits per heavy atom. The van der Waals surface area contributed by atoms with E-state index in [1.54, 1.807) is 36.4 Å². The molecule has 1 aliphatic rings. The second-order valence-corrected chi connectivity index (χ2v) is 11.5. The fraction of sp³-hybridized carbons (Fsp3) is 0.270. The van der Waals surface area contributed by atoms with Gasteiger partial charge in [-0.2, -0.15) is 0 Å². The second kappa shape index (κ2) is 14.2. The van der Waals surface area contributed by atoms with E-state index in [0.717, 1.165) is 16.9 Å². The number of non-ortho nitro benzene ring substituents is 1. The molecular weight excluding hydrogens is 646 g/mol. The highest BCUT2D eigenvalue weighted by Gasteiger charge is 2.37. The molecule has 13 heteroatoms. The number of rotatable bonds is 14. The number of nitro benzene ring substituents is 1. The number of para-hydroxylation sites is 2. The number of nitrogens with zero attached hydrogens (tertiary/aromatic N) is 1. The molecular formula is C37H37N3O10. The molecule has 0 unspecified atom stereocenters. The van der Waals surface area contributed by atoms with Crippen LogP contribution in [0.4, 0.5) is 17.1 Å². The molecule has 6 rings (SSSR count). The lowest BCUT2D eigenvalue weighted by molar-refractivity contribution is -0.384. The van der Waals surface area contributed by atoms with Crippen molar-refractivity contribution in [2.24, 2.45) is 0 Å². The Hall–Kier alpha value is -6.11. The molecule has 0 spiro atoms. The van der Waals surface area contributed by atoms with E-state index in [-0.39, 0.29) is 40.5 Å². The van der Waals surface area contributed by atoms with Gasteiger partial charge in [-0.1, -0.05) is 12.1 Å². The summed E-state index contributed by atoms with van der Waals surface area (Å²) in [6.45, 7) is 0.176. The van der Waals surface area contributed by atoms with Crippen LogP contribution in [0.3, 0.4) is 0 Å². The zero-order valence-corrected chi connectivity index (χ0v) is 28.3. The van der Waals surface area contributed by atoms with Crippen molar-refractivity contribution in [1.82, 2.24) is 0 Å². The SMILES string of the molecule is COc1cc(OC)c2c(=O)c(OCCCCC3(c4ccc([N+](=O)[O-])cc4)Nc4ccccc4N3)c(-c3cc(OC)c(OC)c(OC)c3)oc2c1. The molecule has 0 atom stereocenters. The lowest BCUT2D eigenvalue weighted by Crippen LogP contribution is -2.38. The van der Waals surface area contributed by atoms with Gasteiger partial charge < -0.3 is 43.5 Å². The maximum Gasteiger partial charge on any atom is 0.269 e. The van der Waals surface area contributed by atoms with Gasteiger partial charge in [-0.05, 0) is 61.2 Å². The van der Waals surface area contributed by atoms with Gasteiger partial charge in [0, 0.05) is 29.8 Å². The van der Waals surface area contributed by atoms with E-state index in [0.29, 0.717) is 47.8 Å². The molecule has 50 heavy (non-hydrogen) atoms. The van der Waals surface area contributed by atoms with Crippen molar-refractivity contribution in [2.45, 2.75) is 24.9 Å². The van der Waals surface area contributed by atoms with Crippen LogP contribution in [0.1, 0.15) is 24.8 Å². The molecule has 0 saturated heterocycles. The topological polar surface area (TPSA) is 153 Å². The summed E-state index contributed by atoms with van der Waals surface area (Å²) in [5.41, 5.74) is 2.28. The molecule has 0 fully saturated rings. The molecule has 260 valence electrons. The van der Waals surface area contributed by atoms with Crippen molar-refractivity contribution in [2.75, 3.05) is 52.8 Å². The Balaban J connectivity index is 1.31. The predicted molar refractivity (Wildman–Crippen MR) is 188 cm³/mol. The molecule has 0 saturated carbocycles. The first-order valence-corrected chi connectivity index (χ1v) is 15.8. The molecule has 4 aromatic carbocycles. The van der Waals surface area contributed by atoms with Gasteiger partial charge in [0.1, 0.15) is 28.1 Å². The minimum Gasteiger partial charge on any atom is -0.496 e. The van der Waals surface area contributed by atoms with Crippen molar-refractivity contribution in [1.29, 1.82) is 0 Å². The zero-order chi connectivity index (χ0) is 35.4. The minimum atomic E-state index is -0.714. The van der Waals surface area contributed by atoms with Crippen LogP contribution in [0.25, 0.3) is 22.3 Å². The Morgan fingerprint density at radius 1 is 0.760 bits per heavy atom. The average Bonchev–Trinajstić information content (AvgIpc) is 3.53. The number of benzene rings is 4. The highest BCUT2D eigenvalue weighted by Crippen LogP contribution is 2.45. The maximum atomic E-state index is 14.2. The maximum absolute atomic E-state index is 14.2. The van der Waals surface area contributed by atoms with Gasteiger partial charge in [-0.25, -0.2) is 0 Å². The Bertz CT molecular complexity index is 2050. The quantitative estimate of drug-likeness (QED) is 0.0684. The van der Waals surface area contributed by atoms with Gasteiger partial charge in [0.15, 0.2) is 17.3 Å². The molecule has 0 bridgehead atoms. The third-order valence-electron chi connectivity index (χ3n) is 8.66. The number of anilines is 2. The summed E-state index contributed by atoms with van der Waals surface area (Å²) in [6, 6.07) is 20.9. The fourth-order valence-corrected chi connectivity index (χ4v) is 6.20. The second-order valence-electron chi connectivity index (χ2n) is 11.5. The first-order valence-electron chi connectivity index (χ1n) is 15.8. The Kier molecular flexibility index (Phi) is 9.57. The number of nitrogens with one attached hydrogen (secondary N) is 2. The van der Waals surface area contributed by atoms with E-state index in [2.05, 4.69) is 10.6 Å². The molecule has 0 radical (unpaired) electrons. The van der Waals surface area contributed by atoms with Crippen LogP contribution >= 0.6 is 0 Å². The van der Waals surface area contributed by atoms with Gasteiger partial charge in [0.2, 0.25) is 16.9 Å². The summed E-state index contributed by atoms with van der Waals surface area (Å²) < 4.78 is 40.3. The number of hydrogen-bond acceptors (Lipinski definition) is 12. The number of hydrogen-bond donors (Lipinski definition) is 2. The first kappa shape index (κ1) is 33.8. The zero-order valence-electron chi connectivity index (χ0n) is 28.3. The van der Waals surface area contributed by atoms with Crippen LogP contribution in [0.15, 0.2) is 82.0 Å². The third-order valence-corrected chi connectivity index (χ3v) is 8.66. The van der Waals surface area contributed by atoms with Crippen LogP contribution in [0.5, 0.6) is 34.5 Å². The van der Waals surface area contributed by atoms with Crippen LogP contribution < -0.4 is 44.5 Å². The van der Waals surface area contributed by atoms with E-state index in [1.807, 2.05) is 24.3 Å². The lowest BCUT2D eigenvalue weighted by atomic mass is 9.93. The molecule has 1 aromatic heterocycles. The van der Waals surface area contributed by atoms with Crippen molar-refractivity contribution in [3.63, 3.8) is 0 Å². The minimum absolute atomic E-state index is 0.00940. The van der Waals surface area contributed by atoms with Crippen LogP contribution in [0, 0.1) is 10.1 Å². The molecule has 0 amide bonds. The van der Waals surface area contributed by atoms with Crippen LogP contribution in [-0.2, 0) is 5.66 Å². The number of methoxy groups -OCH3 is 5. The number of ether oxygens (including phenoxy) is 6. The van der Waals surface area contributed by atoms with Gasteiger partial charge >= 0.3 is 0 Å². The highest BCUT2D eigenvalue weighted by molar-refractivity contribution is 5.89. The summed E-state index contributed by atoms with van der Waals surface area (Å²) in [6.07, 6.45) is 1.81.